The number of anilines is 1. The van der Waals surface area contributed by atoms with Crippen LogP contribution in [0.3, 0.4) is 0 Å². The van der Waals surface area contributed by atoms with Crippen LogP contribution < -0.4 is 11.3 Å². The summed E-state index contributed by atoms with van der Waals surface area (Å²) in [7, 11) is -4.44. The summed E-state index contributed by atoms with van der Waals surface area (Å²) in [6, 6.07) is 0. The van der Waals surface area contributed by atoms with Gasteiger partial charge in [-0.2, -0.15) is 4.98 Å². The zero-order valence-corrected chi connectivity index (χ0v) is 24.0. The molecule has 3 heterocycles. The molecule has 0 aliphatic carbocycles. The average molecular weight is 514 g/mol. The fourth-order valence-corrected chi connectivity index (χ4v) is 5.68. The topological polar surface area (TPSA) is 117 Å². The highest BCUT2D eigenvalue weighted by molar-refractivity contribution is 6.74. The van der Waals surface area contributed by atoms with Gasteiger partial charge in [0.25, 0.3) is 5.56 Å². The van der Waals surface area contributed by atoms with Crippen LogP contribution in [-0.2, 0) is 13.6 Å². The van der Waals surface area contributed by atoms with Gasteiger partial charge < -0.3 is 19.3 Å². The highest BCUT2D eigenvalue weighted by Crippen LogP contribution is 2.43. The molecule has 0 aromatic carbocycles. The molecular weight excluding hydrogens is 473 g/mol. The number of rotatable bonds is 6. The molecule has 2 unspecified atom stereocenters. The number of nitrogens with zero attached hydrogens (tertiary/aromatic N) is 3. The number of nitrogens with one attached hydrogen (secondary N) is 1. The van der Waals surface area contributed by atoms with Gasteiger partial charge in [0.2, 0.25) is 5.95 Å². The van der Waals surface area contributed by atoms with Gasteiger partial charge in [-0.15, -0.1) is 0 Å². The van der Waals surface area contributed by atoms with Crippen LogP contribution in [-0.4, -0.2) is 61.1 Å². The summed E-state index contributed by atoms with van der Waals surface area (Å²) < 4.78 is 36.7. The number of fused-ring (bicyclic) bond motifs is 1. The van der Waals surface area contributed by atoms with E-state index in [4.69, 9.17) is 19.3 Å². The minimum absolute atomic E-state index is 0.00106. The van der Waals surface area contributed by atoms with E-state index in [0.717, 1.165) is 0 Å². The van der Waals surface area contributed by atoms with Crippen LogP contribution in [0, 0.1) is 0 Å². The van der Waals surface area contributed by atoms with E-state index in [0.29, 0.717) is 0 Å². The quantitative estimate of drug-likeness (QED) is 0.551. The number of imidazole rings is 1. The van der Waals surface area contributed by atoms with Gasteiger partial charge in [0.1, 0.15) is 12.2 Å². The van der Waals surface area contributed by atoms with Crippen molar-refractivity contribution in [3.05, 3.63) is 16.7 Å². The van der Waals surface area contributed by atoms with Crippen LogP contribution in [0.25, 0.3) is 11.2 Å². The Morgan fingerprint density at radius 3 is 2.29 bits per heavy atom. The minimum Gasteiger partial charge on any atom is -0.414 e. The molecule has 0 saturated carbocycles. The average Bonchev–Trinajstić information content (AvgIpc) is 3.20. The van der Waals surface area contributed by atoms with Crippen LogP contribution >= 0.6 is 0 Å². The first kappa shape index (κ1) is 27.0. The lowest BCUT2D eigenvalue weighted by Crippen LogP contribution is -2.50. The molecule has 0 amide bonds. The molecule has 1 saturated heterocycles. The molecule has 9 nitrogen and oxygen atoms in total. The maximum atomic E-state index is 16.1. The Bertz CT molecular complexity index is 1090. The van der Waals surface area contributed by atoms with E-state index in [-0.39, 0.29) is 33.8 Å². The van der Waals surface area contributed by atoms with E-state index in [9.17, 15) is 4.79 Å². The molecule has 12 heteroatoms. The number of ether oxygens (including phenoxy) is 1. The van der Waals surface area contributed by atoms with Crippen molar-refractivity contribution in [2.24, 2.45) is 0 Å². The number of aromatic nitrogens is 4. The standard InChI is InChI=1S/C22H40FN5O4Si2/c1-21(2,3)33(7,8)30-11-13-16(32-34(9,10)22(4,5)6)14(23)19(31-13)28-12-25-15-17(28)26-20(24)27-18(15)29/h12-14,16,19H,11H2,1-10H3,(H3,24,26,27,29)/t13-,14?,16?,19-/m1/s1. The monoisotopic (exact) mass is 513 g/mol. The number of hydrogen-bond donors (Lipinski definition) is 2. The molecule has 0 spiro atoms. The summed E-state index contributed by atoms with van der Waals surface area (Å²) >= 11 is 0. The van der Waals surface area contributed by atoms with E-state index in [1.54, 1.807) is 0 Å². The lowest BCUT2D eigenvalue weighted by Gasteiger charge is -2.40. The van der Waals surface area contributed by atoms with Gasteiger partial charge in [-0.3, -0.25) is 14.3 Å². The third kappa shape index (κ3) is 5.01. The van der Waals surface area contributed by atoms with Crippen LogP contribution in [0.15, 0.2) is 11.1 Å². The third-order valence-corrected chi connectivity index (χ3v) is 16.6. The van der Waals surface area contributed by atoms with Crippen molar-refractivity contribution in [3.63, 3.8) is 0 Å². The van der Waals surface area contributed by atoms with Crippen molar-refractivity contribution in [1.29, 1.82) is 0 Å². The van der Waals surface area contributed by atoms with Crippen molar-refractivity contribution in [3.8, 4) is 0 Å². The van der Waals surface area contributed by atoms with Gasteiger partial charge in [-0.25, -0.2) is 9.37 Å². The zero-order valence-electron chi connectivity index (χ0n) is 22.0. The minimum atomic E-state index is -2.33. The summed E-state index contributed by atoms with van der Waals surface area (Å²) in [5.74, 6) is -0.0699. The Morgan fingerprint density at radius 2 is 1.74 bits per heavy atom. The fraction of sp³-hybridized carbons (Fsp3) is 0.773. The van der Waals surface area contributed by atoms with Crippen molar-refractivity contribution in [2.75, 3.05) is 12.3 Å². The predicted molar refractivity (Wildman–Crippen MR) is 137 cm³/mol. The number of aromatic amines is 1. The van der Waals surface area contributed by atoms with E-state index >= 15 is 4.39 Å². The summed E-state index contributed by atoms with van der Waals surface area (Å²) in [5, 5.41) is -0.112. The molecule has 1 aliphatic heterocycles. The molecule has 0 radical (unpaired) electrons. The lowest BCUT2D eigenvalue weighted by molar-refractivity contribution is -0.0421. The molecule has 34 heavy (non-hydrogen) atoms. The predicted octanol–water partition coefficient (Wildman–Crippen LogP) is 4.35. The Labute approximate surface area is 202 Å². The number of alkyl halides is 1. The second kappa shape index (κ2) is 8.80. The third-order valence-electron chi connectivity index (χ3n) is 7.64. The number of hydrogen-bond acceptors (Lipinski definition) is 7. The number of nitrogen functional groups attached to an aromatic ring is 1. The Morgan fingerprint density at radius 1 is 1.15 bits per heavy atom. The SMILES string of the molecule is CC(C)(C)[Si](C)(C)OC[C@H]1O[C@@H](n2cnc3c(=O)[nH]c(N)nc32)C(F)C1O[Si](C)(C)C(C)(C)C. The molecule has 0 bridgehead atoms. The fourth-order valence-electron chi connectivity index (χ4n) is 3.35. The first-order valence-electron chi connectivity index (χ1n) is 11.7. The molecule has 1 fully saturated rings. The maximum Gasteiger partial charge on any atom is 0.280 e. The summed E-state index contributed by atoms with van der Waals surface area (Å²) in [6.45, 7) is 21.5. The normalized spacial score (nSPS) is 24.8. The second-order valence-corrected chi connectivity index (χ2v) is 21.8. The van der Waals surface area contributed by atoms with E-state index in [1.165, 1.54) is 10.9 Å². The molecule has 1 aliphatic rings. The molecule has 2 aromatic rings. The van der Waals surface area contributed by atoms with Crippen LogP contribution in [0.1, 0.15) is 47.8 Å². The molecular formula is C22H40FN5O4Si2. The van der Waals surface area contributed by atoms with Crippen molar-refractivity contribution in [1.82, 2.24) is 19.5 Å². The Kier molecular flexibility index (Phi) is 6.99. The lowest BCUT2D eigenvalue weighted by atomic mass is 10.1. The smallest absolute Gasteiger partial charge is 0.280 e. The van der Waals surface area contributed by atoms with Gasteiger partial charge in [-0.05, 0) is 36.3 Å². The summed E-state index contributed by atoms with van der Waals surface area (Å²) in [5.41, 5.74) is 5.50. The van der Waals surface area contributed by atoms with Crippen molar-refractivity contribution in [2.45, 2.75) is 102 Å². The molecule has 192 valence electrons. The zero-order chi connectivity index (χ0) is 25.9. The second-order valence-electron chi connectivity index (χ2n) is 12.2. The number of H-pyrrole nitrogens is 1. The van der Waals surface area contributed by atoms with Crippen molar-refractivity contribution < 1.29 is 18.0 Å². The summed E-state index contributed by atoms with van der Waals surface area (Å²) in [6.07, 6.45) is -2.67. The van der Waals surface area contributed by atoms with Gasteiger partial charge in [0.05, 0.1) is 12.9 Å². The van der Waals surface area contributed by atoms with Gasteiger partial charge in [0.15, 0.2) is 40.2 Å². The Balaban J connectivity index is 1.97. The first-order valence-corrected chi connectivity index (χ1v) is 17.5. The maximum absolute atomic E-state index is 16.1. The van der Waals surface area contributed by atoms with E-state index < -0.39 is 46.8 Å². The molecule has 3 rings (SSSR count). The Hall–Kier alpha value is -1.61. The van der Waals surface area contributed by atoms with E-state index in [1.807, 2.05) is 0 Å². The van der Waals surface area contributed by atoms with Crippen molar-refractivity contribution >= 4 is 33.7 Å². The number of halogens is 1. The summed E-state index contributed by atoms with van der Waals surface area (Å²) in [4.78, 5) is 22.9. The van der Waals surface area contributed by atoms with Gasteiger partial charge in [-0.1, -0.05) is 41.5 Å². The number of nitrogens with two attached hydrogens (primary N) is 1. The van der Waals surface area contributed by atoms with Crippen LogP contribution in [0.2, 0.25) is 36.3 Å². The van der Waals surface area contributed by atoms with Gasteiger partial charge >= 0.3 is 0 Å². The highest BCUT2D eigenvalue weighted by atomic mass is 28.4. The van der Waals surface area contributed by atoms with E-state index in [2.05, 4.69) is 82.7 Å². The first-order chi connectivity index (χ1) is 15.4. The molecule has 3 N–H and O–H groups in total. The molecule has 4 atom stereocenters. The highest BCUT2D eigenvalue weighted by Gasteiger charge is 2.52. The van der Waals surface area contributed by atoms with Crippen LogP contribution in [0.5, 0.6) is 0 Å². The van der Waals surface area contributed by atoms with Gasteiger partial charge in [0, 0.05) is 0 Å². The molecule has 2 aromatic heterocycles. The largest absolute Gasteiger partial charge is 0.414 e. The van der Waals surface area contributed by atoms with Crippen LogP contribution in [0.4, 0.5) is 10.3 Å².